The lowest BCUT2D eigenvalue weighted by molar-refractivity contribution is 0.454. The molecule has 1 aromatic heterocycles. The van der Waals surface area contributed by atoms with Crippen LogP contribution in [0.25, 0.3) is 21.8 Å². The number of anilines is 2. The fourth-order valence-electron chi connectivity index (χ4n) is 3.49. The number of nitrogens with two attached hydrogens (primary N) is 1. The molecule has 0 saturated heterocycles. The van der Waals surface area contributed by atoms with Crippen molar-refractivity contribution < 1.29 is 10.2 Å². The van der Waals surface area contributed by atoms with E-state index < -0.39 is 0 Å². The Morgan fingerprint density at radius 1 is 1.04 bits per heavy atom. The maximum absolute atomic E-state index is 12.9. The first kappa shape index (κ1) is 17.0. The number of hydrogen-bond acceptors (Lipinski definition) is 5. The molecule has 3 rings (SSSR count). The third-order valence-corrected chi connectivity index (χ3v) is 4.70. The molecule has 0 fully saturated rings. The summed E-state index contributed by atoms with van der Waals surface area (Å²) >= 11 is 0. The van der Waals surface area contributed by atoms with Gasteiger partial charge in [-0.1, -0.05) is 0 Å². The summed E-state index contributed by atoms with van der Waals surface area (Å²) in [5.74, 6) is -0.305. The topological polar surface area (TPSA) is 91.7 Å². The fraction of sp³-hybridized carbons (Fsp3) is 0.316. The number of phenols is 2. The Hall–Kier alpha value is -2.89. The number of pyridine rings is 1. The average Bonchev–Trinajstić information content (AvgIpc) is 2.57. The van der Waals surface area contributed by atoms with Crippen LogP contribution < -0.4 is 16.1 Å². The molecule has 2 aromatic carbocycles. The van der Waals surface area contributed by atoms with Crippen molar-refractivity contribution >= 4 is 33.2 Å². The largest absolute Gasteiger partial charge is 0.508 e. The number of aromatic hydroxyl groups is 2. The van der Waals surface area contributed by atoms with Gasteiger partial charge in [0.1, 0.15) is 11.5 Å². The average molecular weight is 341 g/mol. The first-order chi connectivity index (χ1) is 11.9. The Labute approximate surface area is 145 Å². The summed E-state index contributed by atoms with van der Waals surface area (Å²) in [6, 6.07) is 6.29. The van der Waals surface area contributed by atoms with Gasteiger partial charge in [0.15, 0.2) is 0 Å². The molecule has 3 aromatic rings. The number of benzene rings is 2. The number of nitrogen functional groups attached to an aromatic ring is 1. The van der Waals surface area contributed by atoms with E-state index in [-0.39, 0.29) is 22.3 Å². The summed E-state index contributed by atoms with van der Waals surface area (Å²) in [6.07, 6.45) is 0. The number of aromatic nitrogens is 1. The molecule has 0 amide bonds. The van der Waals surface area contributed by atoms with E-state index in [9.17, 15) is 15.0 Å². The molecule has 0 spiro atoms. The Balaban J connectivity index is 2.52. The van der Waals surface area contributed by atoms with Gasteiger partial charge in [-0.05, 0) is 32.9 Å². The van der Waals surface area contributed by atoms with Crippen LogP contribution in [0.3, 0.4) is 0 Å². The van der Waals surface area contributed by atoms with E-state index in [0.717, 1.165) is 24.3 Å². The van der Waals surface area contributed by atoms with E-state index in [1.165, 1.54) is 12.1 Å². The van der Waals surface area contributed by atoms with Crippen LogP contribution in [-0.4, -0.2) is 27.9 Å². The minimum absolute atomic E-state index is 0.0784. The van der Waals surface area contributed by atoms with Crippen LogP contribution in [0, 0.1) is 0 Å². The molecular formula is C19H23N3O3. The molecule has 6 heteroatoms. The number of fused-ring (bicyclic) bond motifs is 2. The zero-order valence-corrected chi connectivity index (χ0v) is 14.7. The first-order valence-corrected chi connectivity index (χ1v) is 8.49. The predicted octanol–water partition coefficient (Wildman–Crippen LogP) is 3.01. The lowest BCUT2D eigenvalue weighted by atomic mass is 10.1. The van der Waals surface area contributed by atoms with Crippen molar-refractivity contribution in [1.82, 2.24) is 4.57 Å². The van der Waals surface area contributed by atoms with Gasteiger partial charge in [-0.3, -0.25) is 4.79 Å². The maximum atomic E-state index is 12.9. The molecule has 4 N–H and O–H groups in total. The normalized spacial score (nSPS) is 11.3. The third kappa shape index (κ3) is 2.54. The molecule has 0 bridgehead atoms. The second-order valence-electron chi connectivity index (χ2n) is 6.03. The molecule has 0 aliphatic carbocycles. The van der Waals surface area contributed by atoms with Gasteiger partial charge in [-0.15, -0.1) is 0 Å². The zero-order valence-electron chi connectivity index (χ0n) is 14.7. The van der Waals surface area contributed by atoms with Crippen LogP contribution in [0.2, 0.25) is 0 Å². The van der Waals surface area contributed by atoms with Crippen molar-refractivity contribution in [2.45, 2.75) is 27.3 Å². The first-order valence-electron chi connectivity index (χ1n) is 8.49. The van der Waals surface area contributed by atoms with Crippen molar-refractivity contribution in [2.24, 2.45) is 0 Å². The Kier molecular flexibility index (Phi) is 4.20. The molecule has 132 valence electrons. The second kappa shape index (κ2) is 6.20. The van der Waals surface area contributed by atoms with Gasteiger partial charge in [0.25, 0.3) is 0 Å². The number of phenolic OH excluding ortho intramolecular Hbond substituents is 2. The molecule has 0 unspecified atom stereocenters. The quantitative estimate of drug-likeness (QED) is 0.501. The predicted molar refractivity (Wildman–Crippen MR) is 103 cm³/mol. The maximum Gasteiger partial charge on any atom is 0.201 e. The van der Waals surface area contributed by atoms with Crippen LogP contribution >= 0.6 is 0 Å². The van der Waals surface area contributed by atoms with Gasteiger partial charge in [-0.2, -0.15) is 0 Å². The van der Waals surface area contributed by atoms with Gasteiger partial charge in [0.2, 0.25) is 5.43 Å². The summed E-state index contributed by atoms with van der Waals surface area (Å²) in [6.45, 7) is 8.25. The zero-order chi connectivity index (χ0) is 18.3. The highest BCUT2D eigenvalue weighted by Crippen LogP contribution is 2.33. The van der Waals surface area contributed by atoms with Gasteiger partial charge >= 0.3 is 0 Å². The lowest BCUT2D eigenvalue weighted by Gasteiger charge is -2.24. The lowest BCUT2D eigenvalue weighted by Crippen LogP contribution is -2.23. The molecule has 0 aliphatic rings. The van der Waals surface area contributed by atoms with E-state index >= 15 is 0 Å². The van der Waals surface area contributed by atoms with Gasteiger partial charge in [0, 0.05) is 37.2 Å². The minimum atomic E-state index is -0.287. The number of aryl methyl sites for hydroxylation is 1. The molecule has 1 heterocycles. The van der Waals surface area contributed by atoms with Crippen molar-refractivity contribution in [3.63, 3.8) is 0 Å². The van der Waals surface area contributed by atoms with E-state index in [0.29, 0.717) is 23.1 Å². The summed E-state index contributed by atoms with van der Waals surface area (Å²) in [5, 5.41) is 20.7. The smallest absolute Gasteiger partial charge is 0.201 e. The summed E-state index contributed by atoms with van der Waals surface area (Å²) in [5.41, 5.74) is 8.58. The molecule has 0 radical (unpaired) electrons. The summed E-state index contributed by atoms with van der Waals surface area (Å²) in [4.78, 5) is 15.1. The van der Waals surface area contributed by atoms with Crippen LogP contribution in [0.4, 0.5) is 11.4 Å². The highest BCUT2D eigenvalue weighted by Gasteiger charge is 2.17. The Bertz CT molecular complexity index is 1020. The van der Waals surface area contributed by atoms with Gasteiger partial charge in [-0.25, -0.2) is 0 Å². The highest BCUT2D eigenvalue weighted by molar-refractivity contribution is 6.00. The van der Waals surface area contributed by atoms with E-state index in [4.69, 9.17) is 5.73 Å². The number of nitrogens with zero attached hydrogens (tertiary/aromatic N) is 2. The monoisotopic (exact) mass is 341 g/mol. The fourth-order valence-corrected chi connectivity index (χ4v) is 3.49. The molecule has 6 nitrogen and oxygen atoms in total. The molecule has 0 atom stereocenters. The number of rotatable bonds is 4. The van der Waals surface area contributed by atoms with Crippen LogP contribution in [0.15, 0.2) is 29.1 Å². The van der Waals surface area contributed by atoms with E-state index in [2.05, 4.69) is 18.7 Å². The Morgan fingerprint density at radius 2 is 1.72 bits per heavy atom. The molecule has 0 saturated carbocycles. The van der Waals surface area contributed by atoms with Crippen molar-refractivity contribution in [1.29, 1.82) is 0 Å². The standard InChI is InChI=1S/C19H23N3O3/c1-4-21(5-2)15-10-14-12(9-13(15)20)19(25)18-16(22(14)6-3)7-11(23)8-17(18)24/h7-10,23-24H,4-6,20H2,1-3H3. The highest BCUT2D eigenvalue weighted by atomic mass is 16.3. The van der Waals surface area contributed by atoms with Crippen LogP contribution in [-0.2, 0) is 6.54 Å². The summed E-state index contributed by atoms with van der Waals surface area (Å²) < 4.78 is 1.91. The van der Waals surface area contributed by atoms with Gasteiger partial charge < -0.3 is 25.4 Å². The van der Waals surface area contributed by atoms with E-state index in [1.54, 1.807) is 6.07 Å². The van der Waals surface area contributed by atoms with Crippen molar-refractivity contribution in [3.8, 4) is 11.5 Å². The number of hydrogen-bond donors (Lipinski definition) is 3. The van der Waals surface area contributed by atoms with Crippen LogP contribution in [0.1, 0.15) is 20.8 Å². The van der Waals surface area contributed by atoms with Gasteiger partial charge in [0.05, 0.1) is 27.8 Å². The van der Waals surface area contributed by atoms with Crippen LogP contribution in [0.5, 0.6) is 11.5 Å². The van der Waals surface area contributed by atoms with E-state index in [1.807, 2.05) is 17.6 Å². The van der Waals surface area contributed by atoms with Crippen molar-refractivity contribution in [3.05, 3.63) is 34.5 Å². The minimum Gasteiger partial charge on any atom is -0.508 e. The molecule has 25 heavy (non-hydrogen) atoms. The SMILES string of the molecule is CCN(CC)c1cc2c(cc1N)c(=O)c1c(O)cc(O)cc1n2CC. The third-order valence-electron chi connectivity index (χ3n) is 4.70. The molecule has 0 aliphatic heterocycles. The summed E-state index contributed by atoms with van der Waals surface area (Å²) in [7, 11) is 0. The second-order valence-corrected chi connectivity index (χ2v) is 6.03. The van der Waals surface area contributed by atoms with Crippen molar-refractivity contribution in [2.75, 3.05) is 23.7 Å². The molecular weight excluding hydrogens is 318 g/mol. The Morgan fingerprint density at radius 3 is 2.32 bits per heavy atom.